The fourth-order valence-corrected chi connectivity index (χ4v) is 1.51. The Labute approximate surface area is 89.9 Å². The molecule has 2 aromatic rings. The van der Waals surface area contributed by atoms with E-state index in [-0.39, 0.29) is 0 Å². The van der Waals surface area contributed by atoms with Crippen LogP contribution in [0.1, 0.15) is 5.82 Å². The van der Waals surface area contributed by atoms with Crippen molar-refractivity contribution < 1.29 is 13.2 Å². The Morgan fingerprint density at radius 3 is 2.50 bits per heavy atom. The van der Waals surface area contributed by atoms with Gasteiger partial charge in [0.05, 0.1) is 11.2 Å². The molecule has 2 rings (SSSR count). The number of aromatic amines is 1. The minimum absolute atomic E-state index is 0.333. The lowest BCUT2D eigenvalue weighted by Crippen LogP contribution is -2.09. The Bertz CT molecular complexity index is 513. The summed E-state index contributed by atoms with van der Waals surface area (Å²) in [6.07, 6.45) is -4.44. The van der Waals surface area contributed by atoms with Crippen molar-refractivity contribution in [3.63, 3.8) is 0 Å². The second kappa shape index (κ2) is 3.40. The van der Waals surface area contributed by atoms with Gasteiger partial charge < -0.3 is 9.88 Å². The summed E-state index contributed by atoms with van der Waals surface area (Å²) in [5.41, 5.74) is 1.38. The lowest BCUT2D eigenvalue weighted by Gasteiger charge is -2.12. The van der Waals surface area contributed by atoms with E-state index in [0.29, 0.717) is 16.7 Å². The summed E-state index contributed by atoms with van der Waals surface area (Å²) in [4.78, 5) is 7.58. The number of rotatable bonds is 1. The first kappa shape index (κ1) is 10.8. The first-order valence-electron chi connectivity index (χ1n) is 4.63. The van der Waals surface area contributed by atoms with Crippen LogP contribution >= 0.6 is 0 Å². The number of imidazole rings is 1. The number of nitrogens with one attached hydrogen (secondary N) is 1. The topological polar surface area (TPSA) is 31.9 Å². The molecule has 3 nitrogen and oxygen atoms in total. The molecule has 6 heteroatoms. The number of halogens is 3. The minimum atomic E-state index is -4.44. The predicted molar refractivity (Wildman–Crippen MR) is 55.4 cm³/mol. The van der Waals surface area contributed by atoms with E-state index in [1.54, 1.807) is 37.2 Å². The maximum Gasteiger partial charge on any atom is 0.449 e. The summed E-state index contributed by atoms with van der Waals surface area (Å²) < 4.78 is 37.4. The molecule has 1 aromatic carbocycles. The van der Waals surface area contributed by atoms with Gasteiger partial charge in [0.15, 0.2) is 0 Å². The number of para-hydroxylation sites is 1. The molecule has 0 fully saturated rings. The van der Waals surface area contributed by atoms with E-state index in [0.717, 1.165) is 0 Å². The average molecular weight is 229 g/mol. The Hall–Kier alpha value is -1.72. The van der Waals surface area contributed by atoms with E-state index < -0.39 is 12.0 Å². The van der Waals surface area contributed by atoms with E-state index in [4.69, 9.17) is 0 Å². The van der Waals surface area contributed by atoms with Gasteiger partial charge in [-0.2, -0.15) is 13.2 Å². The van der Waals surface area contributed by atoms with Crippen LogP contribution in [0, 0.1) is 0 Å². The fourth-order valence-electron chi connectivity index (χ4n) is 1.51. The van der Waals surface area contributed by atoms with Gasteiger partial charge >= 0.3 is 6.18 Å². The Morgan fingerprint density at radius 1 is 1.25 bits per heavy atom. The SMILES string of the molecule is CN(C)c1cccc2[nH]c(C(F)(F)F)nc12. The Balaban J connectivity index is 2.66. The highest BCUT2D eigenvalue weighted by Crippen LogP contribution is 2.31. The smallest absolute Gasteiger partial charge is 0.376 e. The number of benzene rings is 1. The van der Waals surface area contributed by atoms with Crippen LogP contribution in [0.2, 0.25) is 0 Å². The van der Waals surface area contributed by atoms with Gasteiger partial charge in [-0.1, -0.05) is 6.07 Å². The number of alkyl halides is 3. The number of aromatic nitrogens is 2. The quantitative estimate of drug-likeness (QED) is 0.815. The van der Waals surface area contributed by atoms with E-state index in [9.17, 15) is 13.2 Å². The molecule has 1 heterocycles. The molecule has 0 saturated heterocycles. The van der Waals surface area contributed by atoms with Crippen molar-refractivity contribution in [2.45, 2.75) is 6.18 Å². The zero-order chi connectivity index (χ0) is 11.9. The molecular weight excluding hydrogens is 219 g/mol. The van der Waals surface area contributed by atoms with Crippen molar-refractivity contribution in [3.05, 3.63) is 24.0 Å². The third kappa shape index (κ3) is 1.70. The van der Waals surface area contributed by atoms with Gasteiger partial charge in [0.2, 0.25) is 5.82 Å². The highest BCUT2D eigenvalue weighted by atomic mass is 19.4. The van der Waals surface area contributed by atoms with Gasteiger partial charge in [0.1, 0.15) is 5.52 Å². The van der Waals surface area contributed by atoms with Crippen molar-refractivity contribution in [2.24, 2.45) is 0 Å². The summed E-state index contributed by atoms with van der Waals surface area (Å²) in [5.74, 6) is -0.961. The molecule has 16 heavy (non-hydrogen) atoms. The lowest BCUT2D eigenvalue weighted by atomic mass is 10.2. The molecule has 0 aliphatic heterocycles. The summed E-state index contributed by atoms with van der Waals surface area (Å²) >= 11 is 0. The standard InChI is InChI=1S/C10H10F3N3/c1-16(2)7-5-3-4-6-8(7)15-9(14-6)10(11,12)13/h3-5H,1-2H3,(H,14,15). The van der Waals surface area contributed by atoms with Crippen LogP contribution in [0.25, 0.3) is 11.0 Å². The van der Waals surface area contributed by atoms with Gasteiger partial charge in [0, 0.05) is 14.1 Å². The summed E-state index contributed by atoms with van der Waals surface area (Å²) in [5, 5.41) is 0. The van der Waals surface area contributed by atoms with Crippen LogP contribution in [0.5, 0.6) is 0 Å². The first-order chi connectivity index (χ1) is 7.39. The molecule has 0 unspecified atom stereocenters. The maximum absolute atomic E-state index is 12.5. The van der Waals surface area contributed by atoms with E-state index in [2.05, 4.69) is 9.97 Å². The predicted octanol–water partition coefficient (Wildman–Crippen LogP) is 2.65. The van der Waals surface area contributed by atoms with Crippen LogP contribution in [0.3, 0.4) is 0 Å². The molecule has 1 N–H and O–H groups in total. The van der Waals surface area contributed by atoms with Gasteiger partial charge in [0.25, 0.3) is 0 Å². The van der Waals surface area contributed by atoms with E-state index in [1.165, 1.54) is 0 Å². The van der Waals surface area contributed by atoms with Crippen LogP contribution in [0.4, 0.5) is 18.9 Å². The van der Waals surface area contributed by atoms with Crippen LogP contribution < -0.4 is 4.90 Å². The summed E-state index contributed by atoms with van der Waals surface area (Å²) in [7, 11) is 3.52. The molecule has 0 atom stereocenters. The first-order valence-corrected chi connectivity index (χ1v) is 4.63. The largest absolute Gasteiger partial charge is 0.449 e. The monoisotopic (exact) mass is 229 g/mol. The fraction of sp³-hybridized carbons (Fsp3) is 0.300. The van der Waals surface area contributed by atoms with Crippen molar-refractivity contribution in [1.82, 2.24) is 9.97 Å². The molecule has 0 saturated carbocycles. The normalized spacial score (nSPS) is 12.1. The lowest BCUT2D eigenvalue weighted by molar-refractivity contribution is -0.144. The molecule has 0 aliphatic rings. The summed E-state index contributed by atoms with van der Waals surface area (Å²) in [6, 6.07) is 4.99. The molecular formula is C10H10F3N3. The Morgan fingerprint density at radius 2 is 1.94 bits per heavy atom. The third-order valence-electron chi connectivity index (χ3n) is 2.24. The molecule has 0 aliphatic carbocycles. The van der Waals surface area contributed by atoms with Gasteiger partial charge in [-0.15, -0.1) is 0 Å². The number of hydrogen-bond acceptors (Lipinski definition) is 2. The third-order valence-corrected chi connectivity index (χ3v) is 2.24. The van der Waals surface area contributed by atoms with Crippen LogP contribution in [-0.2, 0) is 6.18 Å². The molecule has 1 aromatic heterocycles. The van der Waals surface area contributed by atoms with Crippen LogP contribution in [-0.4, -0.2) is 24.1 Å². The number of H-pyrrole nitrogens is 1. The zero-order valence-corrected chi connectivity index (χ0v) is 8.76. The summed E-state index contributed by atoms with van der Waals surface area (Å²) in [6.45, 7) is 0. The minimum Gasteiger partial charge on any atom is -0.376 e. The molecule has 0 spiro atoms. The zero-order valence-electron chi connectivity index (χ0n) is 8.76. The molecule has 0 bridgehead atoms. The molecule has 0 amide bonds. The van der Waals surface area contributed by atoms with Crippen molar-refractivity contribution >= 4 is 16.7 Å². The number of hydrogen-bond donors (Lipinski definition) is 1. The second-order valence-corrected chi connectivity index (χ2v) is 3.65. The second-order valence-electron chi connectivity index (χ2n) is 3.65. The van der Waals surface area contributed by atoms with E-state index in [1.807, 2.05) is 0 Å². The average Bonchev–Trinajstić information content (AvgIpc) is 2.59. The Kier molecular flexibility index (Phi) is 2.29. The maximum atomic E-state index is 12.5. The van der Waals surface area contributed by atoms with Crippen molar-refractivity contribution in [1.29, 1.82) is 0 Å². The number of nitrogens with zero attached hydrogens (tertiary/aromatic N) is 2. The molecule has 0 radical (unpaired) electrons. The van der Waals surface area contributed by atoms with Gasteiger partial charge in [-0.3, -0.25) is 0 Å². The van der Waals surface area contributed by atoms with Crippen molar-refractivity contribution in [3.8, 4) is 0 Å². The number of anilines is 1. The molecule has 86 valence electrons. The van der Waals surface area contributed by atoms with Gasteiger partial charge in [-0.05, 0) is 12.1 Å². The van der Waals surface area contributed by atoms with Crippen molar-refractivity contribution in [2.75, 3.05) is 19.0 Å². The van der Waals surface area contributed by atoms with E-state index >= 15 is 0 Å². The van der Waals surface area contributed by atoms with Gasteiger partial charge in [-0.25, -0.2) is 4.98 Å². The number of fused-ring (bicyclic) bond motifs is 1. The highest BCUT2D eigenvalue weighted by Gasteiger charge is 2.35. The van der Waals surface area contributed by atoms with Crippen LogP contribution in [0.15, 0.2) is 18.2 Å². The highest BCUT2D eigenvalue weighted by molar-refractivity contribution is 5.88.